The molecule has 0 aromatic heterocycles. The Labute approximate surface area is 125 Å². The van der Waals surface area contributed by atoms with Gasteiger partial charge in [-0.3, -0.25) is 10.2 Å². The number of rotatable bonds is 4. The van der Waals surface area contributed by atoms with Crippen molar-refractivity contribution in [2.24, 2.45) is 11.8 Å². The predicted octanol–water partition coefficient (Wildman–Crippen LogP) is 2.24. The van der Waals surface area contributed by atoms with Gasteiger partial charge < -0.3 is 4.74 Å². The zero-order chi connectivity index (χ0) is 16.2. The quantitative estimate of drug-likeness (QED) is 0.509. The second-order valence-corrected chi connectivity index (χ2v) is 4.80. The van der Waals surface area contributed by atoms with Crippen LogP contribution in [0.3, 0.4) is 0 Å². The molecule has 1 aromatic carbocycles. The van der Waals surface area contributed by atoms with Crippen LogP contribution in [0.2, 0.25) is 0 Å². The van der Waals surface area contributed by atoms with Crippen LogP contribution in [0.25, 0.3) is 0 Å². The molecule has 0 radical (unpaired) electrons. The Hall–Kier alpha value is -2.12. The summed E-state index contributed by atoms with van der Waals surface area (Å²) in [7, 11) is 0. The Morgan fingerprint density at radius 1 is 1.27 bits per heavy atom. The van der Waals surface area contributed by atoms with Crippen LogP contribution in [0.5, 0.6) is 0 Å². The molecule has 1 aliphatic rings. The number of halogens is 3. The first kappa shape index (κ1) is 16.3. The van der Waals surface area contributed by atoms with E-state index in [1.54, 1.807) is 35.8 Å². The summed E-state index contributed by atoms with van der Waals surface area (Å²) in [6.45, 7) is -0.285. The lowest BCUT2D eigenvalue weighted by Crippen LogP contribution is -2.57. The largest absolute Gasteiger partial charge is 0.422 e. The normalized spacial score (nSPS) is 24.3. The maximum Gasteiger partial charge on any atom is 0.422 e. The summed E-state index contributed by atoms with van der Waals surface area (Å²) in [6, 6.07) is 8.42. The van der Waals surface area contributed by atoms with E-state index in [2.05, 4.69) is 0 Å². The van der Waals surface area contributed by atoms with E-state index in [-0.39, 0.29) is 6.61 Å². The molecule has 0 heterocycles. The van der Waals surface area contributed by atoms with Crippen molar-refractivity contribution in [3.8, 4) is 0 Å². The maximum absolute atomic E-state index is 13.6. The van der Waals surface area contributed by atoms with Crippen molar-refractivity contribution in [2.45, 2.75) is 18.4 Å². The summed E-state index contributed by atoms with van der Waals surface area (Å²) < 4.78 is 46.0. The number of carbonyl (C=O) groups is 1. The molecule has 2 unspecified atom stereocenters. The molecule has 0 bridgehead atoms. The molecule has 0 spiro atoms. The van der Waals surface area contributed by atoms with Gasteiger partial charge in [0, 0.05) is 0 Å². The van der Waals surface area contributed by atoms with Gasteiger partial charge in [0.2, 0.25) is 5.91 Å². The lowest BCUT2D eigenvalue weighted by molar-refractivity contribution is -0.272. The van der Waals surface area contributed by atoms with E-state index in [0.717, 1.165) is 12.2 Å². The molecule has 0 fully saturated rings. The van der Waals surface area contributed by atoms with Crippen molar-refractivity contribution in [2.75, 3.05) is 0 Å². The van der Waals surface area contributed by atoms with E-state index in [0.29, 0.717) is 5.56 Å². The highest BCUT2D eigenvalue weighted by Gasteiger charge is 2.61. The van der Waals surface area contributed by atoms with Crippen LogP contribution < -0.4 is 11.3 Å². The number of hydrazine groups is 1. The fourth-order valence-electron chi connectivity index (χ4n) is 2.26. The van der Waals surface area contributed by atoms with Crippen LogP contribution in [-0.2, 0) is 16.1 Å². The second kappa shape index (κ2) is 6.33. The summed E-state index contributed by atoms with van der Waals surface area (Å²) >= 11 is 0. The Morgan fingerprint density at radius 2 is 1.95 bits per heavy atom. The summed E-state index contributed by atoms with van der Waals surface area (Å²) in [5.41, 5.74) is -0.423. The summed E-state index contributed by atoms with van der Waals surface area (Å²) in [6.07, 6.45) is -0.245. The van der Waals surface area contributed by atoms with Gasteiger partial charge in [0.25, 0.3) is 0 Å². The van der Waals surface area contributed by atoms with Crippen LogP contribution in [0, 0.1) is 5.92 Å². The van der Waals surface area contributed by atoms with Crippen LogP contribution in [0.4, 0.5) is 13.2 Å². The van der Waals surface area contributed by atoms with Gasteiger partial charge in [0.05, 0.1) is 12.5 Å². The zero-order valence-corrected chi connectivity index (χ0v) is 11.5. The molecule has 1 amide bonds. The molecule has 22 heavy (non-hydrogen) atoms. The first-order valence-electron chi connectivity index (χ1n) is 6.52. The highest BCUT2D eigenvalue weighted by atomic mass is 19.4. The molecule has 0 aliphatic heterocycles. The van der Waals surface area contributed by atoms with Gasteiger partial charge in [-0.15, -0.1) is 0 Å². The third-order valence-corrected chi connectivity index (χ3v) is 3.41. The third-order valence-electron chi connectivity index (χ3n) is 3.41. The number of nitrogens with two attached hydrogens (primary N) is 1. The monoisotopic (exact) mass is 312 g/mol. The standard InChI is InChI=1S/C15H15F3N2O2/c16-15(17,18)14(22-10-11-6-2-1-3-7-11)9-5-4-8-12(14)13(21)20-19/h1-9,12H,10,19H2,(H,20,21). The maximum atomic E-state index is 13.6. The Morgan fingerprint density at radius 3 is 2.55 bits per heavy atom. The van der Waals surface area contributed by atoms with E-state index in [1.165, 1.54) is 12.2 Å². The van der Waals surface area contributed by atoms with Crippen molar-refractivity contribution >= 4 is 5.91 Å². The minimum Gasteiger partial charge on any atom is -0.356 e. The molecule has 1 aliphatic carbocycles. The zero-order valence-electron chi connectivity index (χ0n) is 11.5. The summed E-state index contributed by atoms with van der Waals surface area (Å²) in [4.78, 5) is 11.7. The van der Waals surface area contributed by atoms with E-state index in [9.17, 15) is 18.0 Å². The van der Waals surface area contributed by atoms with E-state index in [4.69, 9.17) is 10.6 Å². The smallest absolute Gasteiger partial charge is 0.356 e. The van der Waals surface area contributed by atoms with Crippen molar-refractivity contribution in [3.05, 3.63) is 60.2 Å². The van der Waals surface area contributed by atoms with Crippen LogP contribution in [-0.4, -0.2) is 17.7 Å². The number of ether oxygens (including phenoxy) is 1. The highest BCUT2D eigenvalue weighted by molar-refractivity contribution is 5.82. The van der Waals surface area contributed by atoms with Gasteiger partial charge in [-0.1, -0.05) is 48.6 Å². The van der Waals surface area contributed by atoms with Gasteiger partial charge in [-0.2, -0.15) is 13.2 Å². The average Bonchev–Trinajstić information content (AvgIpc) is 2.52. The lowest BCUT2D eigenvalue weighted by atomic mass is 9.82. The van der Waals surface area contributed by atoms with Crippen LogP contribution in [0.1, 0.15) is 5.56 Å². The van der Waals surface area contributed by atoms with Crippen LogP contribution in [0.15, 0.2) is 54.6 Å². The Kier molecular flexibility index (Phi) is 4.68. The number of amides is 1. The first-order chi connectivity index (χ1) is 10.4. The lowest BCUT2D eigenvalue weighted by Gasteiger charge is -2.38. The Balaban J connectivity index is 2.33. The Bertz CT molecular complexity index is 584. The van der Waals surface area contributed by atoms with E-state index in [1.807, 2.05) is 0 Å². The van der Waals surface area contributed by atoms with Gasteiger partial charge in [-0.25, -0.2) is 5.84 Å². The van der Waals surface area contributed by atoms with Gasteiger partial charge in [-0.05, 0) is 11.6 Å². The highest BCUT2D eigenvalue weighted by Crippen LogP contribution is 2.43. The molecular formula is C15H15F3N2O2. The number of carbonyl (C=O) groups excluding carboxylic acids is 1. The van der Waals surface area contributed by atoms with E-state index >= 15 is 0 Å². The molecule has 7 heteroatoms. The topological polar surface area (TPSA) is 64.3 Å². The first-order valence-corrected chi connectivity index (χ1v) is 6.52. The molecule has 1 aromatic rings. The van der Waals surface area contributed by atoms with E-state index < -0.39 is 23.6 Å². The van der Waals surface area contributed by atoms with Crippen molar-refractivity contribution in [1.82, 2.24) is 5.43 Å². The summed E-state index contributed by atoms with van der Waals surface area (Å²) in [5, 5.41) is 0. The molecule has 2 atom stereocenters. The summed E-state index contributed by atoms with van der Waals surface area (Å²) in [5.74, 6) is 2.44. The number of nitrogens with one attached hydrogen (secondary N) is 1. The molecule has 4 nitrogen and oxygen atoms in total. The SMILES string of the molecule is NNC(=O)C1C=CC=CC1(OCc1ccccc1)C(F)(F)F. The minimum absolute atomic E-state index is 0.285. The van der Waals surface area contributed by atoms with Crippen molar-refractivity contribution < 1.29 is 22.7 Å². The van der Waals surface area contributed by atoms with Gasteiger partial charge in [0.1, 0.15) is 0 Å². The third kappa shape index (κ3) is 3.05. The van der Waals surface area contributed by atoms with Crippen molar-refractivity contribution in [1.29, 1.82) is 0 Å². The molecule has 2 rings (SSSR count). The second-order valence-electron chi connectivity index (χ2n) is 4.80. The molecular weight excluding hydrogens is 297 g/mol. The molecule has 118 valence electrons. The number of hydrogen-bond donors (Lipinski definition) is 2. The molecule has 3 N–H and O–H groups in total. The molecule has 0 saturated heterocycles. The number of allylic oxidation sites excluding steroid dienone is 2. The number of benzene rings is 1. The van der Waals surface area contributed by atoms with Gasteiger partial charge >= 0.3 is 6.18 Å². The fourth-order valence-corrected chi connectivity index (χ4v) is 2.26. The van der Waals surface area contributed by atoms with Crippen LogP contribution >= 0.6 is 0 Å². The molecule has 0 saturated carbocycles. The number of hydrogen-bond acceptors (Lipinski definition) is 3. The average molecular weight is 312 g/mol. The fraction of sp³-hybridized carbons (Fsp3) is 0.267. The predicted molar refractivity (Wildman–Crippen MR) is 74.1 cm³/mol. The minimum atomic E-state index is -4.78. The van der Waals surface area contributed by atoms with Gasteiger partial charge in [0.15, 0.2) is 5.60 Å². The number of alkyl halides is 3. The van der Waals surface area contributed by atoms with Crippen molar-refractivity contribution in [3.63, 3.8) is 0 Å².